The third-order valence-electron chi connectivity index (χ3n) is 2.69. The van der Waals surface area contributed by atoms with Crippen molar-refractivity contribution in [1.29, 1.82) is 0 Å². The Balaban J connectivity index is 1.79. The molecule has 0 N–H and O–H groups in total. The number of hydrogen-bond acceptors (Lipinski definition) is 2. The Labute approximate surface area is 108 Å². The number of nitrogens with zero attached hydrogens (tertiary/aromatic N) is 2. The number of thioether (sulfide) groups is 1. The summed E-state index contributed by atoms with van der Waals surface area (Å²) in [5.41, 5.74) is 2.17. The molecule has 4 heteroatoms. The van der Waals surface area contributed by atoms with Gasteiger partial charge in [0.15, 0.2) is 5.16 Å². The van der Waals surface area contributed by atoms with Crippen molar-refractivity contribution in [2.24, 2.45) is 0 Å². The number of halogens is 1. The Morgan fingerprint density at radius 2 is 1.94 bits per heavy atom. The summed E-state index contributed by atoms with van der Waals surface area (Å²) in [4.78, 5) is 4.38. The highest BCUT2D eigenvalue weighted by atomic mass is 32.2. The molecule has 0 saturated heterocycles. The molecule has 3 rings (SSSR count). The van der Waals surface area contributed by atoms with E-state index in [0.717, 1.165) is 22.0 Å². The van der Waals surface area contributed by atoms with Gasteiger partial charge in [0.2, 0.25) is 0 Å². The second-order valence-electron chi connectivity index (χ2n) is 3.95. The number of rotatable bonds is 3. The zero-order valence-corrected chi connectivity index (χ0v) is 10.4. The Bertz CT molecular complexity index is 661. The molecule has 3 aromatic rings. The van der Waals surface area contributed by atoms with Crippen LogP contribution in [0.25, 0.3) is 5.52 Å². The van der Waals surface area contributed by atoms with Crippen LogP contribution < -0.4 is 0 Å². The van der Waals surface area contributed by atoms with Crippen molar-refractivity contribution in [3.63, 3.8) is 0 Å². The summed E-state index contributed by atoms with van der Waals surface area (Å²) in [5, 5.41) is 0.954. The summed E-state index contributed by atoms with van der Waals surface area (Å²) in [6.07, 6.45) is 3.85. The third kappa shape index (κ3) is 2.24. The van der Waals surface area contributed by atoms with Crippen molar-refractivity contribution < 1.29 is 4.39 Å². The standard InChI is InChI=1S/C14H11FN2S/c15-12-6-4-11(5-7-12)10-18-14-16-9-13-3-1-2-8-17(13)14/h1-9H,10H2. The summed E-state index contributed by atoms with van der Waals surface area (Å²) in [6, 6.07) is 12.6. The molecule has 0 radical (unpaired) electrons. The lowest BCUT2D eigenvalue weighted by Gasteiger charge is -2.01. The van der Waals surface area contributed by atoms with E-state index in [1.54, 1.807) is 23.9 Å². The van der Waals surface area contributed by atoms with Crippen LogP contribution >= 0.6 is 11.8 Å². The molecule has 0 aliphatic heterocycles. The SMILES string of the molecule is Fc1ccc(CSc2ncc3ccccn23)cc1. The van der Waals surface area contributed by atoms with Gasteiger partial charge >= 0.3 is 0 Å². The molecule has 0 amide bonds. The molecule has 0 aliphatic rings. The number of hydrogen-bond donors (Lipinski definition) is 0. The Kier molecular flexibility index (Phi) is 3.02. The minimum absolute atomic E-state index is 0.199. The van der Waals surface area contributed by atoms with Gasteiger partial charge in [-0.3, -0.25) is 4.40 Å². The first-order valence-electron chi connectivity index (χ1n) is 5.62. The van der Waals surface area contributed by atoms with Gasteiger partial charge in [0.1, 0.15) is 5.82 Å². The van der Waals surface area contributed by atoms with E-state index < -0.39 is 0 Å². The fourth-order valence-corrected chi connectivity index (χ4v) is 2.68. The van der Waals surface area contributed by atoms with E-state index in [-0.39, 0.29) is 5.82 Å². The van der Waals surface area contributed by atoms with Gasteiger partial charge in [-0.05, 0) is 29.8 Å². The molecule has 0 unspecified atom stereocenters. The summed E-state index contributed by atoms with van der Waals surface area (Å²) in [5.74, 6) is 0.587. The van der Waals surface area contributed by atoms with E-state index in [0.29, 0.717) is 0 Å². The highest BCUT2D eigenvalue weighted by Crippen LogP contribution is 2.22. The van der Waals surface area contributed by atoms with Crippen molar-refractivity contribution in [2.45, 2.75) is 10.9 Å². The summed E-state index contributed by atoms with van der Waals surface area (Å²) < 4.78 is 14.8. The lowest BCUT2D eigenvalue weighted by molar-refractivity contribution is 0.627. The Morgan fingerprint density at radius 3 is 2.78 bits per heavy atom. The molecule has 0 bridgehead atoms. The van der Waals surface area contributed by atoms with E-state index in [9.17, 15) is 4.39 Å². The van der Waals surface area contributed by atoms with Gasteiger partial charge in [0.25, 0.3) is 0 Å². The minimum Gasteiger partial charge on any atom is -0.295 e. The van der Waals surface area contributed by atoms with Gasteiger partial charge in [-0.25, -0.2) is 9.37 Å². The first-order chi connectivity index (χ1) is 8.83. The molecule has 0 saturated carbocycles. The number of fused-ring (bicyclic) bond motifs is 1. The van der Waals surface area contributed by atoms with Crippen LogP contribution in [-0.4, -0.2) is 9.38 Å². The average molecular weight is 258 g/mol. The van der Waals surface area contributed by atoms with Gasteiger partial charge in [-0.15, -0.1) is 0 Å². The van der Waals surface area contributed by atoms with Crippen LogP contribution in [0.3, 0.4) is 0 Å². The maximum Gasteiger partial charge on any atom is 0.172 e. The predicted molar refractivity (Wildman–Crippen MR) is 71.2 cm³/mol. The van der Waals surface area contributed by atoms with Gasteiger partial charge in [0.05, 0.1) is 11.7 Å². The molecule has 0 spiro atoms. The molecular formula is C14H11FN2S. The highest BCUT2D eigenvalue weighted by Gasteiger charge is 2.03. The number of aromatic nitrogens is 2. The number of pyridine rings is 1. The Morgan fingerprint density at radius 1 is 1.11 bits per heavy atom. The van der Waals surface area contributed by atoms with Crippen molar-refractivity contribution in [3.8, 4) is 0 Å². The lowest BCUT2D eigenvalue weighted by Crippen LogP contribution is -1.87. The molecule has 0 fully saturated rings. The van der Waals surface area contributed by atoms with Gasteiger partial charge < -0.3 is 0 Å². The minimum atomic E-state index is -0.199. The molecule has 2 heterocycles. The summed E-state index contributed by atoms with van der Waals surface area (Å²) >= 11 is 1.64. The fraction of sp³-hybridized carbons (Fsp3) is 0.0714. The summed E-state index contributed by atoms with van der Waals surface area (Å²) in [6.45, 7) is 0. The van der Waals surface area contributed by atoms with E-state index in [4.69, 9.17) is 0 Å². The quantitative estimate of drug-likeness (QED) is 0.665. The van der Waals surface area contributed by atoms with Crippen LogP contribution in [0.4, 0.5) is 4.39 Å². The van der Waals surface area contributed by atoms with E-state index in [2.05, 4.69) is 4.98 Å². The maximum atomic E-state index is 12.8. The second kappa shape index (κ2) is 4.82. The van der Waals surface area contributed by atoms with Crippen molar-refractivity contribution in [2.75, 3.05) is 0 Å². The van der Waals surface area contributed by atoms with E-state index >= 15 is 0 Å². The van der Waals surface area contributed by atoms with Gasteiger partial charge in [-0.1, -0.05) is 30.0 Å². The molecule has 90 valence electrons. The first kappa shape index (κ1) is 11.3. The molecule has 18 heavy (non-hydrogen) atoms. The molecular weight excluding hydrogens is 247 g/mol. The number of imidazole rings is 1. The van der Waals surface area contributed by atoms with Gasteiger partial charge in [0, 0.05) is 11.9 Å². The lowest BCUT2D eigenvalue weighted by atomic mass is 10.2. The highest BCUT2D eigenvalue weighted by molar-refractivity contribution is 7.98. The zero-order chi connectivity index (χ0) is 12.4. The molecule has 2 aromatic heterocycles. The van der Waals surface area contributed by atoms with Crippen LogP contribution in [0.15, 0.2) is 60.0 Å². The van der Waals surface area contributed by atoms with Crippen LogP contribution in [0, 0.1) is 5.82 Å². The molecule has 0 atom stereocenters. The van der Waals surface area contributed by atoms with Crippen molar-refractivity contribution in [1.82, 2.24) is 9.38 Å². The smallest absolute Gasteiger partial charge is 0.172 e. The normalized spacial score (nSPS) is 10.9. The van der Waals surface area contributed by atoms with Crippen molar-refractivity contribution in [3.05, 3.63) is 66.2 Å². The molecule has 2 nitrogen and oxygen atoms in total. The predicted octanol–water partition coefficient (Wildman–Crippen LogP) is 3.77. The zero-order valence-electron chi connectivity index (χ0n) is 9.58. The maximum absolute atomic E-state index is 12.8. The monoisotopic (exact) mass is 258 g/mol. The number of benzene rings is 1. The van der Waals surface area contributed by atoms with Crippen LogP contribution in [0.2, 0.25) is 0 Å². The molecule has 0 aliphatic carbocycles. The average Bonchev–Trinajstić information content (AvgIpc) is 2.82. The van der Waals surface area contributed by atoms with Gasteiger partial charge in [-0.2, -0.15) is 0 Å². The van der Waals surface area contributed by atoms with E-state index in [1.165, 1.54) is 12.1 Å². The topological polar surface area (TPSA) is 17.3 Å². The van der Waals surface area contributed by atoms with Crippen LogP contribution in [0.1, 0.15) is 5.56 Å². The molecule has 1 aromatic carbocycles. The largest absolute Gasteiger partial charge is 0.295 e. The summed E-state index contributed by atoms with van der Waals surface area (Å²) in [7, 11) is 0. The first-order valence-corrected chi connectivity index (χ1v) is 6.61. The Hall–Kier alpha value is -1.81. The third-order valence-corrected chi connectivity index (χ3v) is 3.72. The second-order valence-corrected chi connectivity index (χ2v) is 4.89. The van der Waals surface area contributed by atoms with Crippen molar-refractivity contribution >= 4 is 17.3 Å². The fourth-order valence-electron chi connectivity index (χ4n) is 1.75. The van der Waals surface area contributed by atoms with E-state index in [1.807, 2.05) is 35.0 Å². The van der Waals surface area contributed by atoms with Crippen LogP contribution in [-0.2, 0) is 5.75 Å². The van der Waals surface area contributed by atoms with Crippen LogP contribution in [0.5, 0.6) is 0 Å².